The highest BCUT2D eigenvalue weighted by atomic mass is 28.4. The molecule has 0 aromatic carbocycles. The number of hydrogen-bond acceptors (Lipinski definition) is 3. The van der Waals surface area contributed by atoms with Gasteiger partial charge in [-0.25, -0.2) is 0 Å². The molecule has 0 radical (unpaired) electrons. The Bertz CT molecular complexity index is 392. The predicted octanol–water partition coefficient (Wildman–Crippen LogP) is 4.70. The van der Waals surface area contributed by atoms with Crippen LogP contribution in [0.4, 0.5) is 0 Å². The summed E-state index contributed by atoms with van der Waals surface area (Å²) in [6.07, 6.45) is 0.838. The number of carbonyl (C=O) groups is 2. The minimum Gasteiger partial charge on any atom is -0.519 e. The molecule has 0 saturated carbocycles. The summed E-state index contributed by atoms with van der Waals surface area (Å²) < 4.78 is 5.73. The third kappa shape index (κ3) is 8.56. The average Bonchev–Trinajstić information content (AvgIpc) is 2.06. The van der Waals surface area contributed by atoms with E-state index in [1.807, 2.05) is 61.2 Å². The van der Waals surface area contributed by atoms with Gasteiger partial charge in [-0.15, -0.1) is 0 Å². The summed E-state index contributed by atoms with van der Waals surface area (Å²) in [6, 6.07) is 0. The molecular weight excluding hydrogens is 296 g/mol. The van der Waals surface area contributed by atoms with Gasteiger partial charge in [-0.1, -0.05) is 41.5 Å². The van der Waals surface area contributed by atoms with E-state index in [0.29, 0.717) is 12.8 Å². The van der Waals surface area contributed by atoms with Gasteiger partial charge >= 0.3 is 5.97 Å². The molecular formula is C17H34O4Si. The van der Waals surface area contributed by atoms with E-state index in [1.165, 1.54) is 0 Å². The fourth-order valence-electron chi connectivity index (χ4n) is 3.11. The fourth-order valence-corrected chi connectivity index (χ4v) is 3.88. The van der Waals surface area contributed by atoms with E-state index < -0.39 is 19.7 Å². The van der Waals surface area contributed by atoms with E-state index in [-0.39, 0.29) is 23.2 Å². The summed E-state index contributed by atoms with van der Waals surface area (Å²) in [5.41, 5.74) is -1.28. The number of carboxylic acid groups (broad SMARTS) is 1. The largest absolute Gasteiger partial charge is 0.519 e. The zero-order chi connectivity index (χ0) is 18.0. The maximum absolute atomic E-state index is 12.9. The number of hydrogen-bond donors (Lipinski definition) is 1. The van der Waals surface area contributed by atoms with Gasteiger partial charge < -0.3 is 9.53 Å². The maximum Gasteiger partial charge on any atom is 0.304 e. The van der Waals surface area contributed by atoms with Gasteiger partial charge in [0.15, 0.2) is 0 Å². The lowest BCUT2D eigenvalue weighted by molar-refractivity contribution is -0.158. The molecule has 0 unspecified atom stereocenters. The molecule has 0 spiro atoms. The molecule has 0 aliphatic rings. The second-order valence-corrected chi connectivity index (χ2v) is 14.3. The second kappa shape index (κ2) is 6.73. The van der Waals surface area contributed by atoms with Crippen molar-refractivity contribution in [3.8, 4) is 0 Å². The molecule has 4 nitrogen and oxygen atoms in total. The highest BCUT2D eigenvalue weighted by Gasteiger charge is 2.48. The molecule has 0 aliphatic heterocycles. The first-order chi connectivity index (χ1) is 9.46. The van der Waals surface area contributed by atoms with Crippen LogP contribution in [0.1, 0.15) is 60.8 Å². The molecule has 0 rings (SSSR count). The van der Waals surface area contributed by atoms with Crippen molar-refractivity contribution >= 4 is 20.3 Å². The van der Waals surface area contributed by atoms with Gasteiger partial charge in [0, 0.05) is 0 Å². The third-order valence-electron chi connectivity index (χ3n) is 3.06. The van der Waals surface area contributed by atoms with Crippen molar-refractivity contribution < 1.29 is 19.1 Å². The van der Waals surface area contributed by atoms with E-state index in [4.69, 9.17) is 4.43 Å². The Balaban J connectivity index is 5.83. The monoisotopic (exact) mass is 330 g/mol. The molecule has 1 N–H and O–H groups in total. The number of rotatable bonds is 6. The van der Waals surface area contributed by atoms with Crippen molar-refractivity contribution in [2.24, 2.45) is 16.2 Å². The van der Waals surface area contributed by atoms with Gasteiger partial charge in [0.25, 0.3) is 5.97 Å². The number of carboxylic acids is 1. The van der Waals surface area contributed by atoms with E-state index in [2.05, 4.69) is 0 Å². The molecule has 0 aliphatic carbocycles. The van der Waals surface area contributed by atoms with Crippen LogP contribution in [0.3, 0.4) is 0 Å². The normalized spacial score (nSPS) is 13.9. The summed E-state index contributed by atoms with van der Waals surface area (Å²) >= 11 is 0. The molecule has 0 bridgehead atoms. The van der Waals surface area contributed by atoms with Crippen LogP contribution in [0, 0.1) is 16.2 Å². The van der Waals surface area contributed by atoms with Crippen molar-refractivity contribution in [3.05, 3.63) is 0 Å². The first-order valence-corrected chi connectivity index (χ1v) is 11.3. The van der Waals surface area contributed by atoms with E-state index >= 15 is 0 Å². The summed E-state index contributed by atoms with van der Waals surface area (Å²) in [7, 11) is -2.07. The Kier molecular flexibility index (Phi) is 6.47. The molecule has 0 aromatic rings. The summed E-state index contributed by atoms with van der Waals surface area (Å²) in [5.74, 6) is -1.28. The van der Waals surface area contributed by atoms with Crippen LogP contribution in [0.2, 0.25) is 19.6 Å². The highest BCUT2D eigenvalue weighted by Crippen LogP contribution is 2.46. The van der Waals surface area contributed by atoms with Gasteiger partial charge in [0.1, 0.15) is 0 Å². The second-order valence-electron chi connectivity index (χ2n) is 9.83. The minimum absolute atomic E-state index is 0.154. The molecule has 0 fully saturated rings. The van der Waals surface area contributed by atoms with Crippen molar-refractivity contribution in [1.82, 2.24) is 0 Å². The van der Waals surface area contributed by atoms with Crippen molar-refractivity contribution in [1.29, 1.82) is 0 Å². The van der Waals surface area contributed by atoms with Gasteiger partial charge in [-0.2, -0.15) is 0 Å². The smallest absolute Gasteiger partial charge is 0.304 e. The highest BCUT2D eigenvalue weighted by molar-refractivity contribution is 6.71. The van der Waals surface area contributed by atoms with Crippen LogP contribution in [-0.4, -0.2) is 25.4 Å². The Labute approximate surface area is 136 Å². The lowest BCUT2D eigenvalue weighted by Gasteiger charge is -2.41. The molecule has 5 heteroatoms. The van der Waals surface area contributed by atoms with Crippen LogP contribution in [0.25, 0.3) is 0 Å². The van der Waals surface area contributed by atoms with Crippen LogP contribution < -0.4 is 0 Å². The quantitative estimate of drug-likeness (QED) is 0.717. The number of carbonyl (C=O) groups excluding carboxylic acids is 1. The molecule has 0 atom stereocenters. The third-order valence-corrected chi connectivity index (χ3v) is 3.86. The first kappa shape index (κ1) is 21.2. The predicted molar refractivity (Wildman–Crippen MR) is 92.3 cm³/mol. The Morgan fingerprint density at radius 3 is 1.50 bits per heavy atom. The SMILES string of the molecule is CC(C)(C)CC(CC(=O)O)(CC(C)(C)C)C(=O)O[Si](C)(C)C. The summed E-state index contributed by atoms with van der Waals surface area (Å²) in [4.78, 5) is 24.4. The van der Waals surface area contributed by atoms with Gasteiger partial charge in [0.05, 0.1) is 11.8 Å². The van der Waals surface area contributed by atoms with E-state index in [0.717, 1.165) is 0 Å². The lowest BCUT2D eigenvalue weighted by atomic mass is 9.65. The Hall–Kier alpha value is -0.843. The summed E-state index contributed by atoms with van der Waals surface area (Å²) in [5, 5.41) is 9.39. The molecule has 0 saturated heterocycles. The van der Waals surface area contributed by atoms with Crippen LogP contribution in [0.15, 0.2) is 0 Å². The zero-order valence-electron chi connectivity index (χ0n) is 15.8. The molecule has 130 valence electrons. The lowest BCUT2D eigenvalue weighted by Crippen LogP contribution is -2.45. The Morgan fingerprint density at radius 2 is 1.27 bits per heavy atom. The van der Waals surface area contributed by atoms with Crippen LogP contribution >= 0.6 is 0 Å². The van der Waals surface area contributed by atoms with Crippen molar-refractivity contribution in [2.45, 2.75) is 80.4 Å². The van der Waals surface area contributed by atoms with Crippen LogP contribution in [0.5, 0.6) is 0 Å². The fraction of sp³-hybridized carbons (Fsp3) is 0.882. The van der Waals surface area contributed by atoms with Gasteiger partial charge in [-0.05, 0) is 43.3 Å². The minimum atomic E-state index is -2.07. The molecule has 0 amide bonds. The standard InChI is InChI=1S/C17H34O4Si/c1-15(2,3)11-17(10-13(18)19,12-16(4,5)6)14(20)21-22(7,8)9/h10-12H2,1-9H3,(H,18,19). The average molecular weight is 331 g/mol. The van der Waals surface area contributed by atoms with E-state index in [9.17, 15) is 14.7 Å². The van der Waals surface area contributed by atoms with Crippen LogP contribution in [-0.2, 0) is 14.0 Å². The van der Waals surface area contributed by atoms with Crippen molar-refractivity contribution in [3.63, 3.8) is 0 Å². The first-order valence-electron chi connectivity index (χ1n) is 7.91. The van der Waals surface area contributed by atoms with Gasteiger partial charge in [0.2, 0.25) is 8.32 Å². The summed E-state index contributed by atoms with van der Waals surface area (Å²) in [6.45, 7) is 18.1. The van der Waals surface area contributed by atoms with Gasteiger partial charge in [-0.3, -0.25) is 9.59 Å². The number of aliphatic carboxylic acids is 1. The van der Waals surface area contributed by atoms with E-state index in [1.54, 1.807) is 0 Å². The zero-order valence-corrected chi connectivity index (χ0v) is 16.8. The maximum atomic E-state index is 12.9. The molecule has 0 aromatic heterocycles. The topological polar surface area (TPSA) is 63.6 Å². The van der Waals surface area contributed by atoms with Crippen molar-refractivity contribution in [2.75, 3.05) is 0 Å². The Morgan fingerprint density at radius 1 is 0.909 bits per heavy atom. The molecule has 0 heterocycles. The molecule has 22 heavy (non-hydrogen) atoms.